The van der Waals surface area contributed by atoms with Crippen molar-refractivity contribution < 1.29 is 24.6 Å². The van der Waals surface area contributed by atoms with Gasteiger partial charge in [0, 0.05) is 37.4 Å². The molecule has 1 aromatic rings. The summed E-state index contributed by atoms with van der Waals surface area (Å²) in [7, 11) is 0. The molecule has 1 aliphatic rings. The van der Waals surface area contributed by atoms with E-state index in [1.807, 2.05) is 30.0 Å². The van der Waals surface area contributed by atoms with Crippen LogP contribution in [-0.2, 0) is 14.4 Å². The van der Waals surface area contributed by atoms with Crippen LogP contribution in [0.15, 0.2) is 36.5 Å². The van der Waals surface area contributed by atoms with Gasteiger partial charge in [0.25, 0.3) is 0 Å². The van der Waals surface area contributed by atoms with E-state index in [0.717, 1.165) is 25.5 Å². The van der Waals surface area contributed by atoms with Gasteiger partial charge in [0.15, 0.2) is 0 Å². The number of anilines is 1. The molecule has 0 aliphatic carbocycles. The lowest BCUT2D eigenvalue weighted by Crippen LogP contribution is -2.47. The van der Waals surface area contributed by atoms with Crippen molar-refractivity contribution in [1.82, 2.24) is 9.88 Å². The standard InChI is InChI=1S/C16H25N3O.C4H4O4/c1-3-16(20)19(15-9-5-6-10-17-15)14(2)13-18-11-7-4-8-12-18;5-3(6)1-2-4(7)8/h5-6,9-10,14H,3-4,7-8,11-13H2,1-2H3;1-2H,(H,5,6)(H,7,8)/b;2-1+. The number of carboxylic acid groups (broad SMARTS) is 2. The first-order chi connectivity index (χ1) is 13.3. The highest BCUT2D eigenvalue weighted by Gasteiger charge is 2.24. The molecule has 0 bridgehead atoms. The van der Waals surface area contributed by atoms with Crippen LogP contribution >= 0.6 is 0 Å². The quantitative estimate of drug-likeness (QED) is 0.687. The van der Waals surface area contributed by atoms with Crippen molar-refractivity contribution in [2.45, 2.75) is 45.6 Å². The summed E-state index contributed by atoms with van der Waals surface area (Å²) in [4.78, 5) is 40.0. The third-order valence-corrected chi connectivity index (χ3v) is 4.25. The first-order valence-corrected chi connectivity index (χ1v) is 9.44. The SMILES string of the molecule is CCC(=O)N(c1ccccn1)C(C)CN1CCCCC1.O=C(O)/C=C/C(=O)O. The number of hydrogen-bond acceptors (Lipinski definition) is 5. The van der Waals surface area contributed by atoms with E-state index in [9.17, 15) is 14.4 Å². The molecule has 1 fully saturated rings. The number of likely N-dealkylation sites (tertiary alicyclic amines) is 1. The van der Waals surface area contributed by atoms with Gasteiger partial charge in [-0.25, -0.2) is 14.6 Å². The molecule has 154 valence electrons. The normalized spacial score (nSPS) is 15.4. The highest BCUT2D eigenvalue weighted by atomic mass is 16.4. The first-order valence-electron chi connectivity index (χ1n) is 9.44. The molecule has 2 N–H and O–H groups in total. The van der Waals surface area contributed by atoms with Gasteiger partial charge >= 0.3 is 11.9 Å². The molecule has 1 amide bonds. The van der Waals surface area contributed by atoms with Crippen molar-refractivity contribution in [3.8, 4) is 0 Å². The highest BCUT2D eigenvalue weighted by Crippen LogP contribution is 2.17. The van der Waals surface area contributed by atoms with Crippen molar-refractivity contribution in [2.24, 2.45) is 0 Å². The lowest BCUT2D eigenvalue weighted by molar-refractivity contribution is -0.134. The largest absolute Gasteiger partial charge is 0.478 e. The van der Waals surface area contributed by atoms with Crippen molar-refractivity contribution in [1.29, 1.82) is 0 Å². The lowest BCUT2D eigenvalue weighted by atomic mass is 10.1. The van der Waals surface area contributed by atoms with Crippen LogP contribution in [0.4, 0.5) is 5.82 Å². The van der Waals surface area contributed by atoms with Gasteiger partial charge in [0.05, 0.1) is 0 Å². The minimum Gasteiger partial charge on any atom is -0.478 e. The van der Waals surface area contributed by atoms with E-state index in [1.54, 1.807) is 6.20 Å². The second kappa shape index (κ2) is 12.6. The van der Waals surface area contributed by atoms with E-state index in [2.05, 4.69) is 16.8 Å². The molecule has 1 unspecified atom stereocenters. The number of carboxylic acids is 2. The Hall–Kier alpha value is -2.74. The van der Waals surface area contributed by atoms with E-state index in [4.69, 9.17) is 10.2 Å². The Morgan fingerprint density at radius 3 is 2.21 bits per heavy atom. The topological polar surface area (TPSA) is 111 Å². The van der Waals surface area contributed by atoms with Gasteiger partial charge < -0.3 is 15.1 Å². The van der Waals surface area contributed by atoms with Crippen LogP contribution in [-0.4, -0.2) is 63.6 Å². The Bertz CT molecular complexity index is 641. The van der Waals surface area contributed by atoms with Gasteiger partial charge in [-0.1, -0.05) is 19.4 Å². The molecule has 0 saturated carbocycles. The number of amides is 1. The Morgan fingerprint density at radius 2 is 1.75 bits per heavy atom. The van der Waals surface area contributed by atoms with Gasteiger partial charge in [-0.15, -0.1) is 0 Å². The molecule has 8 heteroatoms. The fourth-order valence-corrected chi connectivity index (χ4v) is 3.01. The molecule has 0 aromatic carbocycles. The second-order valence-corrected chi connectivity index (χ2v) is 6.53. The summed E-state index contributed by atoms with van der Waals surface area (Å²) in [5.41, 5.74) is 0. The Kier molecular flexibility index (Phi) is 10.5. The zero-order valence-corrected chi connectivity index (χ0v) is 16.5. The smallest absolute Gasteiger partial charge is 0.328 e. The number of rotatable bonds is 7. The van der Waals surface area contributed by atoms with Gasteiger partial charge in [0.2, 0.25) is 5.91 Å². The number of carbonyl (C=O) groups excluding carboxylic acids is 1. The van der Waals surface area contributed by atoms with Crippen molar-refractivity contribution in [3.05, 3.63) is 36.5 Å². The van der Waals surface area contributed by atoms with Crippen LogP contribution in [0.3, 0.4) is 0 Å². The highest BCUT2D eigenvalue weighted by molar-refractivity contribution is 5.92. The number of nitrogens with zero attached hydrogens (tertiary/aromatic N) is 3. The number of piperidine rings is 1. The summed E-state index contributed by atoms with van der Waals surface area (Å²) in [5.74, 6) is -1.60. The zero-order valence-electron chi connectivity index (χ0n) is 16.5. The lowest BCUT2D eigenvalue weighted by Gasteiger charge is -2.34. The second-order valence-electron chi connectivity index (χ2n) is 6.53. The minimum atomic E-state index is -1.26. The van der Waals surface area contributed by atoms with Crippen LogP contribution in [0.2, 0.25) is 0 Å². The molecule has 1 atom stereocenters. The Morgan fingerprint density at radius 1 is 1.14 bits per heavy atom. The monoisotopic (exact) mass is 391 g/mol. The fraction of sp³-hybridized carbons (Fsp3) is 0.500. The Labute approximate surface area is 165 Å². The molecule has 2 rings (SSSR count). The van der Waals surface area contributed by atoms with Gasteiger partial charge in [0.1, 0.15) is 5.82 Å². The maximum absolute atomic E-state index is 12.3. The average molecular weight is 391 g/mol. The molecule has 28 heavy (non-hydrogen) atoms. The van der Waals surface area contributed by atoms with Crippen LogP contribution < -0.4 is 4.90 Å². The van der Waals surface area contributed by atoms with E-state index in [-0.39, 0.29) is 11.9 Å². The van der Waals surface area contributed by atoms with Gasteiger partial charge in [-0.2, -0.15) is 0 Å². The van der Waals surface area contributed by atoms with Gasteiger partial charge in [-0.3, -0.25) is 9.69 Å². The zero-order chi connectivity index (χ0) is 20.9. The molecule has 0 spiro atoms. The average Bonchev–Trinajstić information content (AvgIpc) is 2.68. The van der Waals surface area contributed by atoms with Crippen molar-refractivity contribution >= 4 is 23.7 Å². The van der Waals surface area contributed by atoms with Crippen LogP contribution in [0, 0.1) is 0 Å². The predicted molar refractivity (Wildman–Crippen MR) is 106 cm³/mol. The predicted octanol–water partition coefficient (Wildman–Crippen LogP) is 2.41. The van der Waals surface area contributed by atoms with Gasteiger partial charge in [-0.05, 0) is 45.0 Å². The summed E-state index contributed by atoms with van der Waals surface area (Å²) in [6, 6.07) is 5.90. The van der Waals surface area contributed by atoms with E-state index < -0.39 is 11.9 Å². The summed E-state index contributed by atoms with van der Waals surface area (Å²) in [5, 5.41) is 15.6. The first kappa shape index (κ1) is 23.3. The molecular weight excluding hydrogens is 362 g/mol. The molecule has 1 aliphatic heterocycles. The Balaban J connectivity index is 0.000000416. The third kappa shape index (κ3) is 8.77. The number of aromatic nitrogens is 1. The van der Waals surface area contributed by atoms with E-state index in [1.165, 1.54) is 19.3 Å². The van der Waals surface area contributed by atoms with E-state index in [0.29, 0.717) is 18.6 Å². The van der Waals surface area contributed by atoms with Crippen molar-refractivity contribution in [2.75, 3.05) is 24.5 Å². The summed E-state index contributed by atoms with van der Waals surface area (Å²) in [6.45, 7) is 7.27. The maximum atomic E-state index is 12.3. The number of carbonyl (C=O) groups is 3. The van der Waals surface area contributed by atoms with Crippen LogP contribution in [0.5, 0.6) is 0 Å². The molecule has 1 saturated heterocycles. The van der Waals surface area contributed by atoms with Crippen LogP contribution in [0.1, 0.15) is 39.5 Å². The third-order valence-electron chi connectivity index (χ3n) is 4.25. The van der Waals surface area contributed by atoms with Crippen molar-refractivity contribution in [3.63, 3.8) is 0 Å². The summed E-state index contributed by atoms with van der Waals surface area (Å²) < 4.78 is 0. The molecule has 8 nitrogen and oxygen atoms in total. The molecular formula is C20H29N3O5. The molecule has 1 aromatic heterocycles. The van der Waals surface area contributed by atoms with E-state index >= 15 is 0 Å². The maximum Gasteiger partial charge on any atom is 0.328 e. The molecule has 2 heterocycles. The summed E-state index contributed by atoms with van der Waals surface area (Å²) >= 11 is 0. The number of pyridine rings is 1. The summed E-state index contributed by atoms with van der Waals surface area (Å²) in [6.07, 6.45) is 7.27. The minimum absolute atomic E-state index is 0.146. The van der Waals surface area contributed by atoms with Crippen LogP contribution in [0.25, 0.3) is 0 Å². The molecule has 0 radical (unpaired) electrons. The fourth-order valence-electron chi connectivity index (χ4n) is 3.01. The number of hydrogen-bond donors (Lipinski definition) is 2. The number of aliphatic carboxylic acids is 2.